The number of rotatable bonds is 1. The summed E-state index contributed by atoms with van der Waals surface area (Å²) in [6.45, 7) is 0. The number of ketones is 1. The fourth-order valence-electron chi connectivity index (χ4n) is 1.91. The van der Waals surface area contributed by atoms with E-state index in [4.69, 9.17) is 0 Å². The molecular formula is C11H11FO3. The lowest BCUT2D eigenvalue weighted by atomic mass is 9.89. The molecule has 15 heavy (non-hydrogen) atoms. The van der Waals surface area contributed by atoms with Crippen molar-refractivity contribution < 1.29 is 19.4 Å². The Morgan fingerprint density at radius 3 is 2.40 bits per heavy atom. The third-order valence-electron chi connectivity index (χ3n) is 2.84. The third-order valence-corrected chi connectivity index (χ3v) is 2.84. The van der Waals surface area contributed by atoms with Crippen molar-refractivity contribution in [3.8, 4) is 0 Å². The first kappa shape index (κ1) is 10.3. The minimum absolute atomic E-state index is 0.148. The van der Waals surface area contributed by atoms with Crippen molar-refractivity contribution >= 4 is 5.78 Å². The van der Waals surface area contributed by atoms with Crippen molar-refractivity contribution in [1.29, 1.82) is 0 Å². The summed E-state index contributed by atoms with van der Waals surface area (Å²) in [7, 11) is 0. The van der Waals surface area contributed by atoms with Gasteiger partial charge < -0.3 is 10.2 Å². The van der Waals surface area contributed by atoms with Crippen molar-refractivity contribution in [3.63, 3.8) is 0 Å². The van der Waals surface area contributed by atoms with Gasteiger partial charge >= 0.3 is 0 Å². The average Bonchev–Trinajstić information content (AvgIpc) is 2.48. The van der Waals surface area contributed by atoms with E-state index in [1.54, 1.807) is 0 Å². The van der Waals surface area contributed by atoms with E-state index in [-0.39, 0.29) is 18.4 Å². The molecule has 0 spiro atoms. The Labute approximate surface area is 86.2 Å². The number of aliphatic hydroxyl groups excluding tert-OH is 1. The number of Topliss-reactive ketones (excluding diaryl/α,β-unsaturated/α-hetero) is 1. The van der Waals surface area contributed by atoms with E-state index in [9.17, 15) is 19.4 Å². The van der Waals surface area contributed by atoms with Crippen LogP contribution < -0.4 is 0 Å². The molecule has 0 bridgehead atoms. The normalized spacial score (nSPS) is 30.9. The first-order chi connectivity index (χ1) is 7.05. The molecule has 0 aromatic heterocycles. The zero-order valence-electron chi connectivity index (χ0n) is 7.98. The predicted molar refractivity (Wildman–Crippen MR) is 50.5 cm³/mol. The van der Waals surface area contributed by atoms with E-state index in [0.29, 0.717) is 0 Å². The van der Waals surface area contributed by atoms with E-state index >= 15 is 0 Å². The second kappa shape index (κ2) is 3.40. The molecule has 0 heterocycles. The number of aliphatic hydroxyl groups is 2. The van der Waals surface area contributed by atoms with Crippen LogP contribution in [0.5, 0.6) is 0 Å². The van der Waals surface area contributed by atoms with Crippen LogP contribution in [-0.2, 0) is 10.4 Å². The maximum atomic E-state index is 12.7. The summed E-state index contributed by atoms with van der Waals surface area (Å²) in [6.07, 6.45) is -0.711. The van der Waals surface area contributed by atoms with Crippen LogP contribution in [0.25, 0.3) is 0 Å². The van der Waals surface area contributed by atoms with E-state index in [1.807, 2.05) is 0 Å². The van der Waals surface area contributed by atoms with Gasteiger partial charge in [0.25, 0.3) is 0 Å². The predicted octanol–water partition coefficient (Wildman–Crippen LogP) is 0.737. The van der Waals surface area contributed by atoms with Crippen molar-refractivity contribution in [1.82, 2.24) is 0 Å². The van der Waals surface area contributed by atoms with Crippen LogP contribution in [-0.4, -0.2) is 22.1 Å². The van der Waals surface area contributed by atoms with Crippen molar-refractivity contribution in [2.24, 2.45) is 0 Å². The largest absolute Gasteiger partial charge is 0.389 e. The van der Waals surface area contributed by atoms with Crippen LogP contribution in [0.1, 0.15) is 18.4 Å². The highest BCUT2D eigenvalue weighted by Gasteiger charge is 2.49. The van der Waals surface area contributed by atoms with Crippen LogP contribution in [0, 0.1) is 5.82 Å². The van der Waals surface area contributed by atoms with Gasteiger partial charge in [0.2, 0.25) is 0 Å². The molecule has 2 rings (SSSR count). The summed E-state index contributed by atoms with van der Waals surface area (Å²) in [6, 6.07) is 4.96. The highest BCUT2D eigenvalue weighted by molar-refractivity contribution is 5.91. The Morgan fingerprint density at radius 1 is 1.33 bits per heavy atom. The fourth-order valence-corrected chi connectivity index (χ4v) is 1.91. The SMILES string of the molecule is O=C1CCC(O)C1(O)c1ccc(F)cc1. The Hall–Kier alpha value is -1.26. The van der Waals surface area contributed by atoms with Gasteiger partial charge in [-0.15, -0.1) is 0 Å². The topological polar surface area (TPSA) is 57.5 Å². The highest BCUT2D eigenvalue weighted by atomic mass is 19.1. The molecule has 80 valence electrons. The van der Waals surface area contributed by atoms with Crippen molar-refractivity contribution in [3.05, 3.63) is 35.6 Å². The van der Waals surface area contributed by atoms with Gasteiger partial charge in [0, 0.05) is 6.42 Å². The number of carbonyl (C=O) groups excluding carboxylic acids is 1. The van der Waals surface area contributed by atoms with Crippen LogP contribution in [0.15, 0.2) is 24.3 Å². The fraction of sp³-hybridized carbons (Fsp3) is 0.364. The number of benzene rings is 1. The minimum atomic E-state index is -1.85. The van der Waals surface area contributed by atoms with E-state index in [0.717, 1.165) is 12.1 Å². The molecule has 3 nitrogen and oxygen atoms in total. The molecular weight excluding hydrogens is 199 g/mol. The third kappa shape index (κ3) is 1.46. The molecule has 1 aliphatic carbocycles. The number of hydrogen-bond acceptors (Lipinski definition) is 3. The van der Waals surface area contributed by atoms with Gasteiger partial charge in [0.05, 0.1) is 6.10 Å². The Balaban J connectivity index is 2.44. The van der Waals surface area contributed by atoms with Gasteiger partial charge in [-0.2, -0.15) is 0 Å². The molecule has 2 unspecified atom stereocenters. The van der Waals surface area contributed by atoms with E-state index in [2.05, 4.69) is 0 Å². The van der Waals surface area contributed by atoms with Crippen LogP contribution in [0.4, 0.5) is 4.39 Å². The molecule has 1 aliphatic rings. The molecule has 4 heteroatoms. The molecule has 0 radical (unpaired) electrons. The molecule has 1 aromatic rings. The molecule has 0 saturated heterocycles. The Morgan fingerprint density at radius 2 is 1.93 bits per heavy atom. The summed E-state index contributed by atoms with van der Waals surface area (Å²) < 4.78 is 12.7. The standard InChI is InChI=1S/C11H11FO3/c12-8-3-1-7(2-4-8)11(15)9(13)5-6-10(11)14/h1-4,9,13,15H,5-6H2. The molecule has 2 atom stereocenters. The molecule has 1 saturated carbocycles. The van der Waals surface area contributed by atoms with Crippen LogP contribution in [0.3, 0.4) is 0 Å². The first-order valence-corrected chi connectivity index (χ1v) is 4.75. The summed E-state index contributed by atoms with van der Waals surface area (Å²) in [5, 5.41) is 19.6. The number of carbonyl (C=O) groups is 1. The van der Waals surface area contributed by atoms with Gasteiger partial charge in [0.1, 0.15) is 5.82 Å². The second-order valence-electron chi connectivity index (χ2n) is 3.75. The van der Waals surface area contributed by atoms with Gasteiger partial charge in [0.15, 0.2) is 11.4 Å². The van der Waals surface area contributed by atoms with Crippen LogP contribution >= 0.6 is 0 Å². The summed E-state index contributed by atoms with van der Waals surface area (Å²) >= 11 is 0. The molecule has 1 fully saturated rings. The second-order valence-corrected chi connectivity index (χ2v) is 3.75. The van der Waals surface area contributed by atoms with Crippen molar-refractivity contribution in [2.75, 3.05) is 0 Å². The summed E-state index contributed by atoms with van der Waals surface area (Å²) in [4.78, 5) is 11.5. The first-order valence-electron chi connectivity index (χ1n) is 4.75. The average molecular weight is 210 g/mol. The van der Waals surface area contributed by atoms with E-state index in [1.165, 1.54) is 12.1 Å². The lowest BCUT2D eigenvalue weighted by molar-refractivity contribution is -0.142. The lowest BCUT2D eigenvalue weighted by Crippen LogP contribution is -2.40. The summed E-state index contributed by atoms with van der Waals surface area (Å²) in [5.41, 5.74) is -1.60. The molecule has 1 aromatic carbocycles. The van der Waals surface area contributed by atoms with E-state index < -0.39 is 23.3 Å². The lowest BCUT2D eigenvalue weighted by Gasteiger charge is -2.25. The zero-order chi connectivity index (χ0) is 11.1. The Kier molecular flexibility index (Phi) is 2.32. The zero-order valence-corrected chi connectivity index (χ0v) is 7.98. The maximum Gasteiger partial charge on any atom is 0.173 e. The minimum Gasteiger partial charge on any atom is -0.389 e. The summed E-state index contributed by atoms with van der Waals surface area (Å²) in [5.74, 6) is -0.858. The van der Waals surface area contributed by atoms with Crippen LogP contribution in [0.2, 0.25) is 0 Å². The smallest absolute Gasteiger partial charge is 0.173 e. The highest BCUT2D eigenvalue weighted by Crippen LogP contribution is 2.35. The van der Waals surface area contributed by atoms with Gasteiger partial charge in [-0.1, -0.05) is 12.1 Å². The number of hydrogen-bond donors (Lipinski definition) is 2. The molecule has 0 aliphatic heterocycles. The van der Waals surface area contributed by atoms with Gasteiger partial charge in [-0.25, -0.2) is 4.39 Å². The maximum absolute atomic E-state index is 12.7. The Bertz CT molecular complexity index is 387. The number of halogens is 1. The van der Waals surface area contributed by atoms with Gasteiger partial charge in [-0.05, 0) is 24.1 Å². The monoisotopic (exact) mass is 210 g/mol. The van der Waals surface area contributed by atoms with Gasteiger partial charge in [-0.3, -0.25) is 4.79 Å². The van der Waals surface area contributed by atoms with Crippen molar-refractivity contribution in [2.45, 2.75) is 24.5 Å². The molecule has 2 N–H and O–H groups in total. The quantitative estimate of drug-likeness (QED) is 0.718. The molecule has 0 amide bonds.